The fraction of sp³-hybridized carbons (Fsp3) is 0.952. The van der Waals surface area contributed by atoms with Crippen molar-refractivity contribution >= 4 is 5.91 Å². The van der Waals surface area contributed by atoms with Crippen LogP contribution in [0.15, 0.2) is 0 Å². The van der Waals surface area contributed by atoms with Gasteiger partial charge in [0.2, 0.25) is 5.91 Å². The molecule has 2 saturated carbocycles. The fourth-order valence-corrected chi connectivity index (χ4v) is 4.60. The van der Waals surface area contributed by atoms with Crippen LogP contribution in [0.25, 0.3) is 0 Å². The van der Waals surface area contributed by atoms with Crippen LogP contribution in [0.4, 0.5) is 0 Å². The van der Waals surface area contributed by atoms with Gasteiger partial charge >= 0.3 is 0 Å². The van der Waals surface area contributed by atoms with Gasteiger partial charge in [-0.15, -0.1) is 0 Å². The number of hydrogen-bond acceptors (Lipinski definition) is 2. The van der Waals surface area contributed by atoms with E-state index in [1.807, 2.05) is 0 Å². The van der Waals surface area contributed by atoms with Crippen LogP contribution in [0.2, 0.25) is 0 Å². The third kappa shape index (κ3) is 7.13. The minimum Gasteiger partial charge on any atom is -0.353 e. The van der Waals surface area contributed by atoms with Gasteiger partial charge in [-0.05, 0) is 51.4 Å². The molecule has 0 heterocycles. The Kier molecular flexibility index (Phi) is 9.15. The molecule has 3 atom stereocenters. The van der Waals surface area contributed by atoms with Gasteiger partial charge in [-0.1, -0.05) is 57.8 Å². The molecule has 2 aliphatic carbocycles. The standard InChI is InChI=1S/C21H40N2O/c1-17(22)18-11-6-5-7-12-19(14-10-13-18)21(24)23-20-15-8-3-2-4-9-16-20/h17-20H,2-16,22H2,1H3,(H,23,24). The minimum absolute atomic E-state index is 0.238. The normalized spacial score (nSPS) is 29.9. The molecule has 2 fully saturated rings. The maximum Gasteiger partial charge on any atom is 0.223 e. The van der Waals surface area contributed by atoms with E-state index in [1.165, 1.54) is 77.0 Å². The Morgan fingerprint density at radius 2 is 1.29 bits per heavy atom. The van der Waals surface area contributed by atoms with Crippen LogP contribution in [-0.2, 0) is 4.79 Å². The Balaban J connectivity index is 1.82. The zero-order chi connectivity index (χ0) is 17.2. The zero-order valence-electron chi connectivity index (χ0n) is 15.9. The van der Waals surface area contributed by atoms with Gasteiger partial charge in [0, 0.05) is 18.0 Å². The Morgan fingerprint density at radius 3 is 2.00 bits per heavy atom. The fourth-order valence-electron chi connectivity index (χ4n) is 4.60. The van der Waals surface area contributed by atoms with Crippen molar-refractivity contribution in [2.45, 2.75) is 115 Å². The molecule has 0 radical (unpaired) electrons. The first kappa shape index (κ1) is 19.8. The van der Waals surface area contributed by atoms with Crippen molar-refractivity contribution in [1.29, 1.82) is 0 Å². The molecule has 0 spiro atoms. The second kappa shape index (κ2) is 11.1. The average Bonchev–Trinajstić information content (AvgIpc) is 2.54. The molecule has 140 valence electrons. The highest BCUT2D eigenvalue weighted by atomic mass is 16.1. The summed E-state index contributed by atoms with van der Waals surface area (Å²) in [5.74, 6) is 1.23. The van der Waals surface area contributed by atoms with Gasteiger partial charge in [0.15, 0.2) is 0 Å². The van der Waals surface area contributed by atoms with E-state index in [1.54, 1.807) is 0 Å². The molecule has 3 nitrogen and oxygen atoms in total. The smallest absolute Gasteiger partial charge is 0.223 e. The van der Waals surface area contributed by atoms with Crippen LogP contribution < -0.4 is 11.1 Å². The Hall–Kier alpha value is -0.570. The molecule has 3 heteroatoms. The van der Waals surface area contributed by atoms with Crippen molar-refractivity contribution in [3.8, 4) is 0 Å². The number of carbonyl (C=O) groups is 1. The Morgan fingerprint density at radius 1 is 0.792 bits per heavy atom. The number of rotatable bonds is 3. The number of carbonyl (C=O) groups excluding carboxylic acids is 1. The number of hydrogen-bond donors (Lipinski definition) is 2. The van der Waals surface area contributed by atoms with E-state index in [9.17, 15) is 4.79 Å². The molecule has 0 bridgehead atoms. The first-order valence-electron chi connectivity index (χ1n) is 10.7. The summed E-state index contributed by atoms with van der Waals surface area (Å²) in [6.07, 6.45) is 18.5. The highest BCUT2D eigenvalue weighted by molar-refractivity contribution is 5.78. The van der Waals surface area contributed by atoms with Crippen molar-refractivity contribution in [2.75, 3.05) is 0 Å². The summed E-state index contributed by atoms with van der Waals surface area (Å²) < 4.78 is 0. The van der Waals surface area contributed by atoms with Gasteiger partial charge < -0.3 is 11.1 Å². The second-order valence-electron chi connectivity index (χ2n) is 8.44. The highest BCUT2D eigenvalue weighted by Crippen LogP contribution is 2.27. The van der Waals surface area contributed by atoms with Gasteiger partial charge in [0.1, 0.15) is 0 Å². The molecule has 0 aliphatic heterocycles. The minimum atomic E-state index is 0.238. The quantitative estimate of drug-likeness (QED) is 0.768. The average molecular weight is 337 g/mol. The molecule has 2 aliphatic rings. The number of nitrogens with one attached hydrogen (secondary N) is 1. The molecule has 3 unspecified atom stereocenters. The lowest BCUT2D eigenvalue weighted by atomic mass is 9.84. The molecular weight excluding hydrogens is 296 g/mol. The molecule has 0 aromatic heterocycles. The lowest BCUT2D eigenvalue weighted by Gasteiger charge is -2.26. The predicted octanol–water partition coefficient (Wildman–Crippen LogP) is 4.93. The zero-order valence-corrected chi connectivity index (χ0v) is 15.9. The number of nitrogens with two attached hydrogens (primary N) is 1. The van der Waals surface area contributed by atoms with E-state index >= 15 is 0 Å². The topological polar surface area (TPSA) is 55.1 Å². The van der Waals surface area contributed by atoms with Crippen molar-refractivity contribution in [1.82, 2.24) is 5.32 Å². The van der Waals surface area contributed by atoms with E-state index in [0.717, 1.165) is 19.3 Å². The van der Waals surface area contributed by atoms with Gasteiger partial charge in [0.05, 0.1) is 0 Å². The maximum atomic E-state index is 12.8. The molecule has 1 amide bonds. The van der Waals surface area contributed by atoms with E-state index in [2.05, 4.69) is 12.2 Å². The first-order valence-corrected chi connectivity index (χ1v) is 10.7. The largest absolute Gasteiger partial charge is 0.353 e. The summed E-state index contributed by atoms with van der Waals surface area (Å²) in [4.78, 5) is 12.8. The molecule has 0 aromatic rings. The molecule has 0 saturated heterocycles. The summed E-state index contributed by atoms with van der Waals surface area (Å²) in [5, 5.41) is 3.41. The lowest BCUT2D eigenvalue weighted by molar-refractivity contribution is -0.126. The first-order chi connectivity index (χ1) is 11.7. The number of amides is 1. The monoisotopic (exact) mass is 336 g/mol. The van der Waals surface area contributed by atoms with Crippen molar-refractivity contribution < 1.29 is 4.79 Å². The summed E-state index contributed by atoms with van der Waals surface area (Å²) in [6, 6.07) is 0.733. The van der Waals surface area contributed by atoms with Crippen molar-refractivity contribution in [2.24, 2.45) is 17.6 Å². The SMILES string of the molecule is CC(N)C1CCCCCC(C(=O)NC2CCCCCCC2)CCC1. The summed E-state index contributed by atoms with van der Waals surface area (Å²) >= 11 is 0. The maximum absolute atomic E-state index is 12.8. The van der Waals surface area contributed by atoms with E-state index in [0.29, 0.717) is 23.9 Å². The van der Waals surface area contributed by atoms with Crippen molar-refractivity contribution in [3.05, 3.63) is 0 Å². The third-order valence-electron chi connectivity index (χ3n) is 6.32. The van der Waals surface area contributed by atoms with Gasteiger partial charge in [-0.2, -0.15) is 0 Å². The molecule has 0 aromatic carbocycles. The van der Waals surface area contributed by atoms with Gasteiger partial charge in [-0.25, -0.2) is 0 Å². The predicted molar refractivity (Wildman–Crippen MR) is 102 cm³/mol. The van der Waals surface area contributed by atoms with E-state index in [-0.39, 0.29) is 5.92 Å². The summed E-state index contributed by atoms with van der Waals surface area (Å²) in [7, 11) is 0. The van der Waals surface area contributed by atoms with E-state index in [4.69, 9.17) is 5.73 Å². The van der Waals surface area contributed by atoms with Crippen LogP contribution in [0, 0.1) is 11.8 Å². The van der Waals surface area contributed by atoms with Crippen LogP contribution in [0.1, 0.15) is 103 Å². The molecular formula is C21H40N2O. The van der Waals surface area contributed by atoms with Crippen LogP contribution in [0.3, 0.4) is 0 Å². The van der Waals surface area contributed by atoms with Crippen LogP contribution in [0.5, 0.6) is 0 Å². The second-order valence-corrected chi connectivity index (χ2v) is 8.44. The van der Waals surface area contributed by atoms with Crippen LogP contribution in [-0.4, -0.2) is 18.0 Å². The lowest BCUT2D eigenvalue weighted by Crippen LogP contribution is -2.39. The van der Waals surface area contributed by atoms with Crippen LogP contribution >= 0.6 is 0 Å². The van der Waals surface area contributed by atoms with Gasteiger partial charge in [0.25, 0.3) is 0 Å². The van der Waals surface area contributed by atoms with Crippen molar-refractivity contribution in [3.63, 3.8) is 0 Å². The highest BCUT2D eigenvalue weighted by Gasteiger charge is 2.23. The van der Waals surface area contributed by atoms with Gasteiger partial charge in [-0.3, -0.25) is 4.79 Å². The molecule has 2 rings (SSSR count). The summed E-state index contributed by atoms with van der Waals surface area (Å²) in [6.45, 7) is 2.15. The Labute approximate surface area is 149 Å². The third-order valence-corrected chi connectivity index (χ3v) is 6.32. The summed E-state index contributed by atoms with van der Waals surface area (Å²) in [5.41, 5.74) is 6.14. The Bertz CT molecular complexity index is 348. The van der Waals surface area contributed by atoms with E-state index < -0.39 is 0 Å². The molecule has 24 heavy (non-hydrogen) atoms. The molecule has 3 N–H and O–H groups in total.